The fraction of sp³-hybridized carbons (Fsp3) is 1.00. The van der Waals surface area contributed by atoms with Crippen molar-refractivity contribution in [1.82, 2.24) is 4.90 Å². The van der Waals surface area contributed by atoms with Gasteiger partial charge in [0.25, 0.3) is 0 Å². The first kappa shape index (κ1) is 17.0. The Morgan fingerprint density at radius 1 is 0.905 bits per heavy atom. The maximum Gasteiger partial charge on any atom is 0.391 e. The van der Waals surface area contributed by atoms with Crippen LogP contribution in [0, 0.1) is 11.8 Å². The molecule has 3 N–H and O–H groups in total. The van der Waals surface area contributed by atoms with Gasteiger partial charge in [0.15, 0.2) is 0 Å². The first-order valence-corrected chi connectivity index (χ1v) is 7.60. The molecule has 7 heteroatoms. The number of aliphatic hydroxyl groups excluding tert-OH is 3. The highest BCUT2D eigenvalue weighted by atomic mass is 19.4. The summed E-state index contributed by atoms with van der Waals surface area (Å²) in [6.45, 7) is 1.24. The molecule has 0 aromatic heterocycles. The van der Waals surface area contributed by atoms with Crippen LogP contribution in [0.4, 0.5) is 13.2 Å². The summed E-state index contributed by atoms with van der Waals surface area (Å²) in [7, 11) is 0. The first-order valence-electron chi connectivity index (χ1n) is 7.60. The summed E-state index contributed by atoms with van der Waals surface area (Å²) in [5, 5.41) is 28.7. The van der Waals surface area contributed by atoms with E-state index in [4.69, 9.17) is 0 Å². The Kier molecular flexibility index (Phi) is 5.51. The number of likely N-dealkylation sites (tertiary alicyclic amines) is 1. The fourth-order valence-electron chi connectivity index (χ4n) is 3.40. The molecule has 0 bridgehead atoms. The molecule has 0 aromatic carbocycles. The predicted molar refractivity (Wildman–Crippen MR) is 70.6 cm³/mol. The Bertz CT molecular complexity index is 320. The summed E-state index contributed by atoms with van der Waals surface area (Å²) in [6, 6.07) is 0. The Morgan fingerprint density at radius 3 is 1.90 bits per heavy atom. The van der Waals surface area contributed by atoms with Gasteiger partial charge >= 0.3 is 6.18 Å². The normalized spacial score (nSPS) is 39.4. The number of aliphatic hydroxyl groups is 3. The van der Waals surface area contributed by atoms with Gasteiger partial charge in [-0.15, -0.1) is 0 Å². The van der Waals surface area contributed by atoms with Gasteiger partial charge in [0.05, 0.1) is 18.1 Å². The number of piperidine rings is 1. The molecule has 124 valence electrons. The van der Waals surface area contributed by atoms with Crippen LogP contribution in [0.5, 0.6) is 0 Å². The fourth-order valence-corrected chi connectivity index (χ4v) is 3.40. The molecule has 1 heterocycles. The topological polar surface area (TPSA) is 63.9 Å². The van der Waals surface area contributed by atoms with Gasteiger partial charge in [0, 0.05) is 13.1 Å². The van der Waals surface area contributed by atoms with Crippen LogP contribution in [-0.2, 0) is 0 Å². The average molecular weight is 311 g/mol. The van der Waals surface area contributed by atoms with Crippen LogP contribution < -0.4 is 0 Å². The standard InChI is InChI=1S/C14H24F3NO3/c15-14(16,17)10-3-1-9(2-4-10)5-6-18-7-11(19)13(21)12(20)8-18/h9-13,19-21H,1-8H2/t9-,10+,11-,12+,13+. The van der Waals surface area contributed by atoms with E-state index in [0.29, 0.717) is 32.5 Å². The summed E-state index contributed by atoms with van der Waals surface area (Å²) < 4.78 is 37.7. The molecule has 4 nitrogen and oxygen atoms in total. The zero-order valence-electron chi connectivity index (χ0n) is 12.0. The third kappa shape index (κ3) is 4.55. The summed E-state index contributed by atoms with van der Waals surface area (Å²) in [4.78, 5) is 1.87. The van der Waals surface area contributed by atoms with Gasteiger partial charge < -0.3 is 15.3 Å². The van der Waals surface area contributed by atoms with E-state index >= 15 is 0 Å². The van der Waals surface area contributed by atoms with Crippen molar-refractivity contribution in [2.75, 3.05) is 19.6 Å². The molecular weight excluding hydrogens is 287 g/mol. The second kappa shape index (κ2) is 6.81. The minimum Gasteiger partial charge on any atom is -0.389 e. The van der Waals surface area contributed by atoms with Crippen LogP contribution in [0.1, 0.15) is 32.1 Å². The molecule has 21 heavy (non-hydrogen) atoms. The summed E-state index contributed by atoms with van der Waals surface area (Å²) in [5.41, 5.74) is 0. The van der Waals surface area contributed by atoms with Crippen molar-refractivity contribution < 1.29 is 28.5 Å². The van der Waals surface area contributed by atoms with Gasteiger partial charge in [0.1, 0.15) is 6.10 Å². The zero-order valence-corrected chi connectivity index (χ0v) is 12.0. The quantitative estimate of drug-likeness (QED) is 0.731. The number of hydrogen-bond acceptors (Lipinski definition) is 4. The van der Waals surface area contributed by atoms with E-state index in [1.165, 1.54) is 0 Å². The Morgan fingerprint density at radius 2 is 1.43 bits per heavy atom. The Hall–Kier alpha value is -0.370. The van der Waals surface area contributed by atoms with Crippen LogP contribution >= 0.6 is 0 Å². The van der Waals surface area contributed by atoms with Gasteiger partial charge in [0.2, 0.25) is 0 Å². The lowest BCUT2D eigenvalue weighted by Gasteiger charge is -2.38. The van der Waals surface area contributed by atoms with Crippen LogP contribution in [0.15, 0.2) is 0 Å². The monoisotopic (exact) mass is 311 g/mol. The van der Waals surface area contributed by atoms with Crippen LogP contribution in [0.3, 0.4) is 0 Å². The lowest BCUT2D eigenvalue weighted by Crippen LogP contribution is -2.55. The van der Waals surface area contributed by atoms with Crippen LogP contribution in [0.2, 0.25) is 0 Å². The number of nitrogens with zero attached hydrogens (tertiary/aromatic N) is 1. The highest BCUT2D eigenvalue weighted by Gasteiger charge is 2.41. The van der Waals surface area contributed by atoms with Crippen molar-refractivity contribution in [2.24, 2.45) is 11.8 Å². The highest BCUT2D eigenvalue weighted by molar-refractivity contribution is 4.87. The second-order valence-electron chi connectivity index (χ2n) is 6.43. The Labute approximate surface area is 122 Å². The van der Waals surface area contributed by atoms with Gasteiger partial charge in [-0.05, 0) is 44.6 Å². The largest absolute Gasteiger partial charge is 0.391 e. The molecule has 1 aliphatic heterocycles. The number of halogens is 3. The maximum atomic E-state index is 12.6. The predicted octanol–water partition coefficient (Wildman–Crippen LogP) is 1.14. The van der Waals surface area contributed by atoms with Crippen LogP contribution in [-0.4, -0.2) is 64.3 Å². The van der Waals surface area contributed by atoms with Gasteiger partial charge in [-0.3, -0.25) is 4.90 Å². The second-order valence-corrected chi connectivity index (χ2v) is 6.43. The van der Waals surface area contributed by atoms with Crippen molar-refractivity contribution in [3.63, 3.8) is 0 Å². The third-order valence-electron chi connectivity index (χ3n) is 4.84. The average Bonchev–Trinajstić information content (AvgIpc) is 2.42. The van der Waals surface area contributed by atoms with E-state index in [0.717, 1.165) is 6.42 Å². The molecule has 0 aromatic rings. The van der Waals surface area contributed by atoms with Gasteiger partial charge in [-0.2, -0.15) is 13.2 Å². The van der Waals surface area contributed by atoms with Crippen molar-refractivity contribution in [3.8, 4) is 0 Å². The minimum atomic E-state index is -4.07. The SMILES string of the molecule is O[C@H]1[C@H](O)CN(CC[C@H]2CC[C@@H](C(F)(F)F)CC2)C[C@@H]1O. The zero-order chi connectivity index (χ0) is 15.6. The smallest absolute Gasteiger partial charge is 0.389 e. The summed E-state index contributed by atoms with van der Waals surface area (Å²) in [5.74, 6) is -0.868. The van der Waals surface area contributed by atoms with E-state index in [-0.39, 0.29) is 18.8 Å². The van der Waals surface area contributed by atoms with E-state index in [1.54, 1.807) is 0 Å². The molecule has 3 atom stereocenters. The summed E-state index contributed by atoms with van der Waals surface area (Å²) >= 11 is 0. The van der Waals surface area contributed by atoms with E-state index < -0.39 is 30.4 Å². The third-order valence-corrected chi connectivity index (χ3v) is 4.84. The van der Waals surface area contributed by atoms with E-state index in [9.17, 15) is 28.5 Å². The molecular formula is C14H24F3NO3. The lowest BCUT2D eigenvalue weighted by molar-refractivity contribution is -0.184. The number of alkyl halides is 3. The molecule has 0 amide bonds. The van der Waals surface area contributed by atoms with Gasteiger partial charge in [-0.25, -0.2) is 0 Å². The van der Waals surface area contributed by atoms with Crippen molar-refractivity contribution in [3.05, 3.63) is 0 Å². The number of β-amino-alcohol motifs (C(OH)–C–C–N with tert-alkyl or cyclic N) is 2. The first-order chi connectivity index (χ1) is 9.77. The van der Waals surface area contributed by atoms with Crippen LogP contribution in [0.25, 0.3) is 0 Å². The van der Waals surface area contributed by atoms with Gasteiger partial charge in [-0.1, -0.05) is 0 Å². The van der Waals surface area contributed by atoms with E-state index in [2.05, 4.69) is 0 Å². The molecule has 0 unspecified atom stereocenters. The number of hydrogen-bond donors (Lipinski definition) is 3. The van der Waals surface area contributed by atoms with E-state index in [1.807, 2.05) is 4.90 Å². The van der Waals surface area contributed by atoms with Crippen molar-refractivity contribution in [2.45, 2.75) is 56.6 Å². The molecule has 1 aliphatic carbocycles. The molecule has 2 fully saturated rings. The Balaban J connectivity index is 1.70. The maximum absolute atomic E-state index is 12.6. The highest BCUT2D eigenvalue weighted by Crippen LogP contribution is 2.40. The van der Waals surface area contributed by atoms with Crippen molar-refractivity contribution in [1.29, 1.82) is 0 Å². The minimum absolute atomic E-state index is 0.206. The number of rotatable bonds is 3. The molecule has 1 saturated carbocycles. The lowest BCUT2D eigenvalue weighted by atomic mass is 9.80. The molecule has 2 aliphatic rings. The summed E-state index contributed by atoms with van der Waals surface area (Å²) in [6.07, 6.45) is -4.73. The molecule has 1 saturated heterocycles. The molecule has 0 radical (unpaired) electrons. The molecule has 2 rings (SSSR count). The molecule has 0 spiro atoms. The van der Waals surface area contributed by atoms with Crippen molar-refractivity contribution >= 4 is 0 Å².